The molecule has 0 bridgehead atoms. The van der Waals surface area contributed by atoms with Crippen molar-refractivity contribution >= 4 is 54.0 Å². The smallest absolute Gasteiger partial charge is 0.0555 e. The lowest BCUT2D eigenvalue weighted by atomic mass is 9.81. The molecule has 0 saturated carbocycles. The minimum atomic E-state index is 0.00850. The highest BCUT2D eigenvalue weighted by Gasteiger charge is 2.38. The molecule has 2 aromatic heterocycles. The third kappa shape index (κ3) is 2.47. The quantitative estimate of drug-likeness (QED) is 0.227. The molecule has 0 amide bonds. The molecule has 0 unspecified atom stereocenters. The summed E-state index contributed by atoms with van der Waals surface area (Å²) in [6, 6.07) is 38.1. The Bertz CT molecular complexity index is 1980. The molecule has 0 fully saturated rings. The van der Waals surface area contributed by atoms with E-state index in [0.29, 0.717) is 0 Å². The van der Waals surface area contributed by atoms with Crippen molar-refractivity contribution in [3.63, 3.8) is 0 Å². The summed E-state index contributed by atoms with van der Waals surface area (Å²) in [5.41, 5.74) is 8.10. The van der Waals surface area contributed by atoms with Gasteiger partial charge in [0.15, 0.2) is 0 Å². The number of thiophene rings is 1. The highest BCUT2D eigenvalue weighted by molar-refractivity contribution is 7.22. The van der Waals surface area contributed by atoms with E-state index in [1.807, 2.05) is 11.3 Å². The Labute approximate surface area is 207 Å². The van der Waals surface area contributed by atoms with E-state index in [0.717, 1.165) is 0 Å². The third-order valence-corrected chi connectivity index (χ3v) is 9.13. The lowest BCUT2D eigenvalue weighted by Crippen LogP contribution is -2.14. The summed E-state index contributed by atoms with van der Waals surface area (Å²) < 4.78 is 3.82. The third-order valence-electron chi connectivity index (χ3n) is 7.94. The number of hydrogen-bond donors (Lipinski definition) is 0. The van der Waals surface area contributed by atoms with Gasteiger partial charge in [-0.25, -0.2) is 0 Å². The van der Waals surface area contributed by atoms with Crippen LogP contribution in [0.15, 0.2) is 103 Å². The van der Waals surface area contributed by atoms with Crippen LogP contribution < -0.4 is 0 Å². The van der Waals surface area contributed by atoms with Crippen molar-refractivity contribution < 1.29 is 0 Å². The lowest BCUT2D eigenvalue weighted by molar-refractivity contribution is 0.667. The fourth-order valence-corrected chi connectivity index (χ4v) is 7.74. The molecule has 1 nitrogen and oxygen atoms in total. The highest BCUT2D eigenvalue weighted by atomic mass is 32.1. The Balaban J connectivity index is 1.49. The standard InChI is InChI=1S/C33H23NS/c1-33(2)27-13-7-5-12-24(27)32-31(33)26-18-25-23-11-6-8-14-28(23)34(29(25)19-30(26)35-32)22-16-15-20-9-3-4-10-21(20)17-22/h3-19H,1-2H3. The second-order valence-electron chi connectivity index (χ2n) is 10.2. The molecule has 1 aliphatic rings. The molecular weight excluding hydrogens is 442 g/mol. The molecule has 8 rings (SSSR count). The highest BCUT2D eigenvalue weighted by Crippen LogP contribution is 2.56. The maximum Gasteiger partial charge on any atom is 0.0555 e. The molecule has 7 aromatic rings. The second kappa shape index (κ2) is 6.62. The largest absolute Gasteiger partial charge is 0.309 e. The molecule has 35 heavy (non-hydrogen) atoms. The molecule has 2 heterocycles. The number of rotatable bonds is 1. The fourth-order valence-electron chi connectivity index (χ4n) is 6.32. The molecule has 2 heteroatoms. The summed E-state index contributed by atoms with van der Waals surface area (Å²) in [4.78, 5) is 1.44. The lowest BCUT2D eigenvalue weighted by Gasteiger charge is -2.21. The van der Waals surface area contributed by atoms with Gasteiger partial charge < -0.3 is 4.57 Å². The predicted octanol–water partition coefficient (Wildman–Crippen LogP) is 9.46. The Kier molecular flexibility index (Phi) is 3.67. The van der Waals surface area contributed by atoms with Crippen LogP contribution in [-0.4, -0.2) is 4.57 Å². The van der Waals surface area contributed by atoms with Crippen molar-refractivity contribution in [2.45, 2.75) is 19.3 Å². The first-order valence-corrected chi connectivity index (χ1v) is 13.0. The minimum Gasteiger partial charge on any atom is -0.309 e. The molecule has 0 atom stereocenters. The van der Waals surface area contributed by atoms with Gasteiger partial charge in [-0.15, -0.1) is 11.3 Å². The van der Waals surface area contributed by atoms with Crippen molar-refractivity contribution in [3.8, 4) is 16.1 Å². The molecule has 5 aromatic carbocycles. The van der Waals surface area contributed by atoms with Gasteiger partial charge in [0.25, 0.3) is 0 Å². The maximum atomic E-state index is 2.47. The van der Waals surface area contributed by atoms with E-state index >= 15 is 0 Å². The van der Waals surface area contributed by atoms with Crippen molar-refractivity contribution in [3.05, 3.63) is 114 Å². The van der Waals surface area contributed by atoms with Crippen LogP contribution in [0.3, 0.4) is 0 Å². The Morgan fingerprint density at radius 2 is 1.40 bits per heavy atom. The predicted molar refractivity (Wildman–Crippen MR) is 151 cm³/mol. The van der Waals surface area contributed by atoms with E-state index in [2.05, 4.69) is 122 Å². The van der Waals surface area contributed by atoms with E-state index < -0.39 is 0 Å². The molecular formula is C33H23NS. The molecule has 1 aliphatic carbocycles. The molecule has 166 valence electrons. The average Bonchev–Trinajstić information content (AvgIpc) is 3.49. The molecule has 0 radical (unpaired) electrons. The van der Waals surface area contributed by atoms with Gasteiger partial charge in [-0.3, -0.25) is 0 Å². The monoisotopic (exact) mass is 465 g/mol. The van der Waals surface area contributed by atoms with Crippen molar-refractivity contribution in [1.82, 2.24) is 4.57 Å². The van der Waals surface area contributed by atoms with Gasteiger partial charge in [0.05, 0.1) is 11.0 Å². The zero-order chi connectivity index (χ0) is 23.3. The van der Waals surface area contributed by atoms with Crippen LogP contribution in [0.25, 0.3) is 58.8 Å². The Morgan fingerprint density at radius 1 is 0.629 bits per heavy atom. The summed E-state index contributed by atoms with van der Waals surface area (Å²) in [5, 5.41) is 6.58. The van der Waals surface area contributed by atoms with Crippen molar-refractivity contribution in [2.24, 2.45) is 0 Å². The minimum absolute atomic E-state index is 0.00850. The van der Waals surface area contributed by atoms with Gasteiger partial charge in [0, 0.05) is 31.5 Å². The van der Waals surface area contributed by atoms with Crippen LogP contribution >= 0.6 is 11.3 Å². The molecule has 0 spiro atoms. The first kappa shape index (κ1) is 19.4. The first-order chi connectivity index (χ1) is 17.1. The van der Waals surface area contributed by atoms with Crippen LogP contribution in [0.5, 0.6) is 0 Å². The van der Waals surface area contributed by atoms with E-state index in [1.54, 1.807) is 0 Å². The number of aromatic nitrogens is 1. The van der Waals surface area contributed by atoms with E-state index in [-0.39, 0.29) is 5.41 Å². The van der Waals surface area contributed by atoms with Crippen LogP contribution in [0, 0.1) is 0 Å². The zero-order valence-electron chi connectivity index (χ0n) is 19.7. The van der Waals surface area contributed by atoms with Gasteiger partial charge >= 0.3 is 0 Å². The molecule has 0 saturated heterocycles. The van der Waals surface area contributed by atoms with E-state index in [1.165, 1.54) is 69.9 Å². The van der Waals surface area contributed by atoms with Gasteiger partial charge in [0.1, 0.15) is 0 Å². The molecule has 0 N–H and O–H groups in total. The average molecular weight is 466 g/mol. The summed E-state index contributed by atoms with van der Waals surface area (Å²) in [6.45, 7) is 4.76. The summed E-state index contributed by atoms with van der Waals surface area (Å²) in [7, 11) is 0. The molecule has 0 aliphatic heterocycles. The van der Waals surface area contributed by atoms with E-state index in [9.17, 15) is 0 Å². The van der Waals surface area contributed by atoms with Gasteiger partial charge in [-0.2, -0.15) is 0 Å². The van der Waals surface area contributed by atoms with Crippen LogP contribution in [0.1, 0.15) is 25.0 Å². The summed E-state index contributed by atoms with van der Waals surface area (Å²) in [6.07, 6.45) is 0. The second-order valence-corrected chi connectivity index (χ2v) is 11.3. The van der Waals surface area contributed by atoms with Crippen LogP contribution in [0.2, 0.25) is 0 Å². The Hall–Kier alpha value is -3.88. The van der Waals surface area contributed by atoms with E-state index in [4.69, 9.17) is 0 Å². The summed E-state index contributed by atoms with van der Waals surface area (Å²) in [5.74, 6) is 0. The van der Waals surface area contributed by atoms with Crippen LogP contribution in [0.4, 0.5) is 0 Å². The normalized spacial score (nSPS) is 14.2. The first-order valence-electron chi connectivity index (χ1n) is 12.2. The topological polar surface area (TPSA) is 4.93 Å². The number of hydrogen-bond acceptors (Lipinski definition) is 1. The van der Waals surface area contributed by atoms with Gasteiger partial charge in [0.2, 0.25) is 0 Å². The number of fused-ring (bicyclic) bond motifs is 9. The number of benzene rings is 5. The maximum absolute atomic E-state index is 2.47. The van der Waals surface area contributed by atoms with Gasteiger partial charge in [-0.05, 0) is 63.2 Å². The Morgan fingerprint density at radius 3 is 2.31 bits per heavy atom. The van der Waals surface area contributed by atoms with Crippen molar-refractivity contribution in [2.75, 3.05) is 0 Å². The summed E-state index contributed by atoms with van der Waals surface area (Å²) >= 11 is 1.95. The van der Waals surface area contributed by atoms with Gasteiger partial charge in [-0.1, -0.05) is 86.6 Å². The van der Waals surface area contributed by atoms with Crippen molar-refractivity contribution in [1.29, 1.82) is 0 Å². The zero-order valence-corrected chi connectivity index (χ0v) is 20.5. The van der Waals surface area contributed by atoms with Crippen LogP contribution in [-0.2, 0) is 5.41 Å². The number of nitrogens with zero attached hydrogens (tertiary/aromatic N) is 1. The SMILES string of the molecule is CC1(C)c2ccccc2-c2sc3cc4c(cc3c21)c1ccccc1n4-c1ccc2ccccc2c1. The fraction of sp³-hybridized carbons (Fsp3) is 0.0909. The number of para-hydroxylation sites is 1.